The first-order chi connectivity index (χ1) is 10.3. The lowest BCUT2D eigenvalue weighted by Gasteiger charge is -2.20. The minimum absolute atomic E-state index is 0.367. The summed E-state index contributed by atoms with van der Waals surface area (Å²) in [5.74, 6) is 3.91. The normalized spacial score (nSPS) is 12.2. The van der Waals surface area contributed by atoms with E-state index in [1.54, 1.807) is 14.2 Å². The van der Waals surface area contributed by atoms with E-state index in [1.807, 2.05) is 17.8 Å². The molecule has 0 aliphatic carbocycles. The standard InChI is InChI=1S/C17H29NO2S/c1-5-7-11-21-13-15(18-10-6-2)14-8-9-16(19-3)17(12-14)20-4/h8-9,12,15,18H,5-7,10-11,13H2,1-4H3. The Labute approximate surface area is 133 Å². The van der Waals surface area contributed by atoms with Crippen LogP contribution < -0.4 is 14.8 Å². The predicted octanol–water partition coefficient (Wildman–Crippen LogP) is 4.28. The number of thioether (sulfide) groups is 1. The van der Waals surface area contributed by atoms with Gasteiger partial charge in [0, 0.05) is 11.8 Å². The van der Waals surface area contributed by atoms with Crippen LogP contribution in [-0.4, -0.2) is 32.3 Å². The van der Waals surface area contributed by atoms with Crippen LogP contribution in [0.2, 0.25) is 0 Å². The van der Waals surface area contributed by atoms with Crippen LogP contribution >= 0.6 is 11.8 Å². The highest BCUT2D eigenvalue weighted by molar-refractivity contribution is 7.99. The molecule has 0 aliphatic rings. The number of ether oxygens (including phenoxy) is 2. The summed E-state index contributed by atoms with van der Waals surface area (Å²) in [6, 6.07) is 6.58. The molecule has 0 saturated carbocycles. The van der Waals surface area contributed by atoms with Crippen LogP contribution in [0.25, 0.3) is 0 Å². The maximum Gasteiger partial charge on any atom is 0.161 e. The van der Waals surface area contributed by atoms with Crippen molar-refractivity contribution in [2.24, 2.45) is 0 Å². The molecule has 1 aromatic carbocycles. The lowest BCUT2D eigenvalue weighted by Crippen LogP contribution is -2.24. The molecule has 120 valence electrons. The summed E-state index contributed by atoms with van der Waals surface area (Å²) in [5.41, 5.74) is 1.27. The molecule has 1 aromatic rings. The zero-order valence-corrected chi connectivity index (χ0v) is 14.6. The van der Waals surface area contributed by atoms with E-state index in [2.05, 4.69) is 31.3 Å². The molecule has 0 aliphatic heterocycles. The molecule has 0 bridgehead atoms. The molecule has 0 fully saturated rings. The largest absolute Gasteiger partial charge is 0.493 e. The third-order valence-corrected chi connectivity index (χ3v) is 4.52. The number of nitrogens with one attached hydrogen (secondary N) is 1. The summed E-state index contributed by atoms with van der Waals surface area (Å²) in [4.78, 5) is 0. The Morgan fingerprint density at radius 3 is 2.48 bits per heavy atom. The average Bonchev–Trinajstić information content (AvgIpc) is 2.53. The first-order valence-corrected chi connectivity index (χ1v) is 8.95. The van der Waals surface area contributed by atoms with Gasteiger partial charge in [-0.2, -0.15) is 11.8 Å². The Hall–Kier alpha value is -0.870. The van der Waals surface area contributed by atoms with Crippen molar-refractivity contribution in [3.8, 4) is 11.5 Å². The van der Waals surface area contributed by atoms with Crippen LogP contribution in [0, 0.1) is 0 Å². The number of hydrogen-bond donors (Lipinski definition) is 1. The summed E-state index contributed by atoms with van der Waals surface area (Å²) < 4.78 is 10.7. The summed E-state index contributed by atoms with van der Waals surface area (Å²) in [5, 5.41) is 3.63. The molecule has 3 nitrogen and oxygen atoms in total. The molecule has 0 spiro atoms. The Kier molecular flexibility index (Phi) is 9.35. The van der Waals surface area contributed by atoms with Gasteiger partial charge in [0.15, 0.2) is 11.5 Å². The van der Waals surface area contributed by atoms with Gasteiger partial charge in [0.2, 0.25) is 0 Å². The van der Waals surface area contributed by atoms with E-state index in [0.29, 0.717) is 6.04 Å². The van der Waals surface area contributed by atoms with Gasteiger partial charge >= 0.3 is 0 Å². The summed E-state index contributed by atoms with van der Waals surface area (Å²) in [7, 11) is 3.36. The number of methoxy groups -OCH3 is 2. The molecule has 0 amide bonds. The highest BCUT2D eigenvalue weighted by atomic mass is 32.2. The number of benzene rings is 1. The Morgan fingerprint density at radius 2 is 1.86 bits per heavy atom. The van der Waals surface area contributed by atoms with Gasteiger partial charge in [-0.1, -0.05) is 26.3 Å². The fraction of sp³-hybridized carbons (Fsp3) is 0.647. The first-order valence-electron chi connectivity index (χ1n) is 7.79. The van der Waals surface area contributed by atoms with E-state index in [9.17, 15) is 0 Å². The first kappa shape index (κ1) is 18.2. The van der Waals surface area contributed by atoms with Gasteiger partial charge in [0.25, 0.3) is 0 Å². The second-order valence-electron chi connectivity index (χ2n) is 5.05. The third kappa shape index (κ3) is 6.18. The summed E-state index contributed by atoms with van der Waals surface area (Å²) in [6.07, 6.45) is 3.69. The molecule has 1 atom stereocenters. The number of rotatable bonds is 11. The Morgan fingerprint density at radius 1 is 1.10 bits per heavy atom. The lowest BCUT2D eigenvalue weighted by molar-refractivity contribution is 0.354. The lowest BCUT2D eigenvalue weighted by atomic mass is 10.1. The molecule has 0 saturated heterocycles. The second kappa shape index (κ2) is 10.8. The van der Waals surface area contributed by atoms with Crippen molar-refractivity contribution >= 4 is 11.8 Å². The van der Waals surface area contributed by atoms with E-state index in [0.717, 1.165) is 30.2 Å². The SMILES string of the molecule is CCCCSCC(NCCC)c1ccc(OC)c(OC)c1. The second-order valence-corrected chi connectivity index (χ2v) is 6.20. The third-order valence-electron chi connectivity index (χ3n) is 3.38. The smallest absolute Gasteiger partial charge is 0.161 e. The number of unbranched alkanes of at least 4 members (excludes halogenated alkanes) is 1. The highest BCUT2D eigenvalue weighted by Crippen LogP contribution is 2.31. The van der Waals surface area contributed by atoms with Gasteiger partial charge in [-0.25, -0.2) is 0 Å². The van der Waals surface area contributed by atoms with Gasteiger partial charge in [0.05, 0.1) is 14.2 Å². The molecule has 4 heteroatoms. The van der Waals surface area contributed by atoms with Gasteiger partial charge in [-0.15, -0.1) is 0 Å². The van der Waals surface area contributed by atoms with E-state index < -0.39 is 0 Å². The van der Waals surface area contributed by atoms with Crippen LogP contribution in [0.1, 0.15) is 44.7 Å². The molecular formula is C17H29NO2S. The molecule has 1 rings (SSSR count). The van der Waals surface area contributed by atoms with Gasteiger partial charge < -0.3 is 14.8 Å². The Balaban J connectivity index is 2.76. The summed E-state index contributed by atoms with van der Waals surface area (Å²) >= 11 is 2.02. The van der Waals surface area contributed by atoms with Crippen molar-refractivity contribution in [2.45, 2.75) is 39.2 Å². The van der Waals surface area contributed by atoms with Crippen LogP contribution in [0.4, 0.5) is 0 Å². The fourth-order valence-corrected chi connectivity index (χ4v) is 3.31. The number of hydrogen-bond acceptors (Lipinski definition) is 4. The molecule has 0 radical (unpaired) electrons. The van der Waals surface area contributed by atoms with Gasteiger partial charge in [-0.3, -0.25) is 0 Å². The zero-order chi connectivity index (χ0) is 15.5. The van der Waals surface area contributed by atoms with Crippen molar-refractivity contribution in [1.29, 1.82) is 0 Å². The molecule has 0 heterocycles. The van der Waals surface area contributed by atoms with Crippen LogP contribution in [0.5, 0.6) is 11.5 Å². The van der Waals surface area contributed by atoms with Gasteiger partial charge in [-0.05, 0) is 42.8 Å². The van der Waals surface area contributed by atoms with Crippen LogP contribution in [-0.2, 0) is 0 Å². The summed E-state index contributed by atoms with van der Waals surface area (Å²) in [6.45, 7) is 5.47. The van der Waals surface area contributed by atoms with Gasteiger partial charge in [0.1, 0.15) is 0 Å². The Bertz CT molecular complexity index is 398. The topological polar surface area (TPSA) is 30.5 Å². The minimum Gasteiger partial charge on any atom is -0.493 e. The maximum atomic E-state index is 5.41. The van der Waals surface area contributed by atoms with Crippen molar-refractivity contribution in [2.75, 3.05) is 32.3 Å². The molecule has 1 N–H and O–H groups in total. The van der Waals surface area contributed by atoms with Crippen LogP contribution in [0.15, 0.2) is 18.2 Å². The average molecular weight is 311 g/mol. The maximum absolute atomic E-state index is 5.41. The highest BCUT2D eigenvalue weighted by Gasteiger charge is 2.13. The minimum atomic E-state index is 0.367. The monoisotopic (exact) mass is 311 g/mol. The van der Waals surface area contributed by atoms with Crippen molar-refractivity contribution in [1.82, 2.24) is 5.32 Å². The quantitative estimate of drug-likeness (QED) is 0.618. The van der Waals surface area contributed by atoms with E-state index in [4.69, 9.17) is 9.47 Å². The van der Waals surface area contributed by atoms with E-state index in [-0.39, 0.29) is 0 Å². The predicted molar refractivity (Wildman–Crippen MR) is 92.8 cm³/mol. The van der Waals surface area contributed by atoms with Crippen LogP contribution in [0.3, 0.4) is 0 Å². The molecule has 21 heavy (non-hydrogen) atoms. The zero-order valence-electron chi connectivity index (χ0n) is 13.8. The van der Waals surface area contributed by atoms with E-state index >= 15 is 0 Å². The fourth-order valence-electron chi connectivity index (χ4n) is 2.11. The van der Waals surface area contributed by atoms with E-state index in [1.165, 1.54) is 24.2 Å². The van der Waals surface area contributed by atoms with Crippen molar-refractivity contribution < 1.29 is 9.47 Å². The molecular weight excluding hydrogens is 282 g/mol. The molecule has 1 unspecified atom stereocenters. The van der Waals surface area contributed by atoms with Crippen molar-refractivity contribution in [3.05, 3.63) is 23.8 Å². The van der Waals surface area contributed by atoms with Crippen molar-refractivity contribution in [3.63, 3.8) is 0 Å². The molecule has 0 aromatic heterocycles.